The van der Waals surface area contributed by atoms with Crippen LogP contribution in [0.25, 0.3) is 5.69 Å². The van der Waals surface area contributed by atoms with E-state index in [-0.39, 0.29) is 18.2 Å². The number of benzene rings is 2. The van der Waals surface area contributed by atoms with E-state index in [9.17, 15) is 18.8 Å². The highest BCUT2D eigenvalue weighted by Crippen LogP contribution is 2.19. The van der Waals surface area contributed by atoms with Gasteiger partial charge in [-0.1, -0.05) is 35.9 Å². The van der Waals surface area contributed by atoms with Crippen molar-refractivity contribution in [1.29, 1.82) is 0 Å². The van der Waals surface area contributed by atoms with E-state index in [1.54, 1.807) is 25.1 Å². The van der Waals surface area contributed by atoms with Gasteiger partial charge in [0.05, 0.1) is 12.2 Å². The van der Waals surface area contributed by atoms with E-state index >= 15 is 0 Å². The van der Waals surface area contributed by atoms with Crippen molar-refractivity contribution in [2.24, 2.45) is 0 Å². The van der Waals surface area contributed by atoms with Crippen LogP contribution in [0.5, 0.6) is 0 Å². The Morgan fingerprint density at radius 3 is 2.63 bits per heavy atom. The summed E-state index contributed by atoms with van der Waals surface area (Å²) in [6.45, 7) is 1.46. The Morgan fingerprint density at radius 1 is 1.23 bits per heavy atom. The molecule has 0 aliphatic heterocycles. The number of carbonyl (C=O) groups is 1. The first kappa shape index (κ1) is 20.0. The molecule has 1 aromatic heterocycles. The summed E-state index contributed by atoms with van der Waals surface area (Å²) in [7, 11) is 0. The van der Waals surface area contributed by atoms with E-state index in [1.165, 1.54) is 24.3 Å². The van der Waals surface area contributed by atoms with Crippen molar-refractivity contribution in [3.05, 3.63) is 91.0 Å². The van der Waals surface area contributed by atoms with Crippen molar-refractivity contribution in [1.82, 2.24) is 19.7 Å². The van der Waals surface area contributed by atoms with E-state index in [0.717, 1.165) is 27.7 Å². The van der Waals surface area contributed by atoms with E-state index in [4.69, 9.17) is 11.6 Å². The third kappa shape index (κ3) is 3.91. The predicted molar refractivity (Wildman–Crippen MR) is 110 cm³/mol. The predicted octanol–water partition coefficient (Wildman–Crippen LogP) is 2.44. The Kier molecular flexibility index (Phi) is 5.26. The number of halogens is 2. The van der Waals surface area contributed by atoms with Gasteiger partial charge in [-0.05, 0) is 43.5 Å². The molecule has 1 fully saturated rings. The van der Waals surface area contributed by atoms with E-state index in [2.05, 4.69) is 10.4 Å². The van der Waals surface area contributed by atoms with Crippen molar-refractivity contribution in [2.45, 2.75) is 32.4 Å². The number of rotatable bonds is 5. The fourth-order valence-corrected chi connectivity index (χ4v) is 3.13. The molecule has 0 bridgehead atoms. The molecule has 1 amide bonds. The first-order chi connectivity index (χ1) is 14.3. The molecule has 2 aromatic carbocycles. The Balaban J connectivity index is 1.90. The quantitative estimate of drug-likeness (QED) is 0.676. The van der Waals surface area contributed by atoms with Crippen LogP contribution < -0.4 is 16.6 Å². The molecule has 4 rings (SSSR count). The van der Waals surface area contributed by atoms with Crippen LogP contribution in [0.2, 0.25) is 5.02 Å². The number of hydrogen-bond acceptors (Lipinski definition) is 4. The molecule has 1 heterocycles. The second kappa shape index (κ2) is 7.87. The minimum atomic E-state index is -0.879. The minimum Gasteiger partial charge on any atom is -0.348 e. The zero-order valence-corrected chi connectivity index (χ0v) is 16.8. The van der Waals surface area contributed by atoms with Crippen molar-refractivity contribution in [2.75, 3.05) is 0 Å². The maximum Gasteiger partial charge on any atom is 0.352 e. The highest BCUT2D eigenvalue weighted by atomic mass is 35.5. The van der Waals surface area contributed by atoms with Gasteiger partial charge in [0.15, 0.2) is 0 Å². The van der Waals surface area contributed by atoms with Gasteiger partial charge in [-0.3, -0.25) is 14.2 Å². The summed E-state index contributed by atoms with van der Waals surface area (Å²) in [6, 6.07) is 10.6. The Bertz CT molecular complexity index is 1260. The number of hydrogen-bond donors (Lipinski definition) is 1. The van der Waals surface area contributed by atoms with Crippen LogP contribution in [0.3, 0.4) is 0 Å². The Labute approximate surface area is 175 Å². The largest absolute Gasteiger partial charge is 0.352 e. The molecule has 30 heavy (non-hydrogen) atoms. The van der Waals surface area contributed by atoms with Gasteiger partial charge in [-0.25, -0.2) is 9.18 Å². The molecule has 9 heteroatoms. The fourth-order valence-electron chi connectivity index (χ4n) is 2.96. The molecule has 0 unspecified atom stereocenters. The van der Waals surface area contributed by atoms with Gasteiger partial charge >= 0.3 is 5.69 Å². The summed E-state index contributed by atoms with van der Waals surface area (Å²) in [4.78, 5) is 38.6. The molecular weight excluding hydrogens is 411 g/mol. The van der Waals surface area contributed by atoms with E-state index in [0.29, 0.717) is 10.7 Å². The van der Waals surface area contributed by atoms with Gasteiger partial charge < -0.3 is 5.32 Å². The van der Waals surface area contributed by atoms with Crippen molar-refractivity contribution in [3.63, 3.8) is 0 Å². The van der Waals surface area contributed by atoms with Gasteiger partial charge in [-0.2, -0.15) is 9.78 Å². The van der Waals surface area contributed by atoms with Crippen molar-refractivity contribution >= 4 is 17.5 Å². The SMILES string of the molecule is Cc1ccc(-n2nc(C(=O)NC3CC3)c(=O)n(Cc3ccccc3F)c2=O)cc1Cl. The van der Waals surface area contributed by atoms with Crippen LogP contribution in [0.15, 0.2) is 52.1 Å². The minimum absolute atomic E-state index is 0.00656. The van der Waals surface area contributed by atoms with Gasteiger partial charge in [0, 0.05) is 16.6 Å². The number of aromatic nitrogens is 3. The van der Waals surface area contributed by atoms with Gasteiger partial charge in [0.2, 0.25) is 5.69 Å². The molecule has 0 spiro atoms. The van der Waals surface area contributed by atoms with E-state index in [1.807, 2.05) is 0 Å². The zero-order valence-electron chi connectivity index (χ0n) is 16.1. The normalized spacial score (nSPS) is 13.3. The molecule has 1 aliphatic carbocycles. The van der Waals surface area contributed by atoms with Crippen LogP contribution >= 0.6 is 11.6 Å². The summed E-state index contributed by atoms with van der Waals surface area (Å²) in [5, 5.41) is 7.13. The van der Waals surface area contributed by atoms with Crippen LogP contribution in [-0.2, 0) is 6.54 Å². The molecule has 154 valence electrons. The zero-order chi connectivity index (χ0) is 21.4. The summed E-state index contributed by atoms with van der Waals surface area (Å²) < 4.78 is 15.9. The number of amides is 1. The number of nitrogens with zero attached hydrogens (tertiary/aromatic N) is 3. The third-order valence-electron chi connectivity index (χ3n) is 4.87. The molecule has 7 nitrogen and oxygen atoms in total. The van der Waals surface area contributed by atoms with Crippen LogP contribution in [-0.4, -0.2) is 26.3 Å². The van der Waals surface area contributed by atoms with Gasteiger partial charge in [-0.15, -0.1) is 0 Å². The van der Waals surface area contributed by atoms with E-state index < -0.39 is 28.7 Å². The maximum atomic E-state index is 14.2. The fraction of sp³-hybridized carbons (Fsp3) is 0.238. The first-order valence-electron chi connectivity index (χ1n) is 9.40. The number of nitrogens with one attached hydrogen (secondary N) is 1. The first-order valence-corrected chi connectivity index (χ1v) is 9.78. The van der Waals surface area contributed by atoms with Crippen molar-refractivity contribution in [3.8, 4) is 5.69 Å². The Morgan fingerprint density at radius 2 is 1.97 bits per heavy atom. The molecular formula is C21H18ClFN4O3. The summed E-state index contributed by atoms with van der Waals surface area (Å²) in [5.41, 5.74) is -0.889. The lowest BCUT2D eigenvalue weighted by Crippen LogP contribution is -2.46. The molecule has 1 aliphatic rings. The molecule has 0 atom stereocenters. The lowest BCUT2D eigenvalue weighted by molar-refractivity contribution is 0.0941. The standard InChI is InChI=1S/C21H18ClFN4O3/c1-12-6-9-15(10-16(12)22)27-21(30)26(11-13-4-2-3-5-17(13)23)20(29)18(25-27)19(28)24-14-7-8-14/h2-6,9-10,14H,7-8,11H2,1H3,(H,24,28). The average Bonchev–Trinajstić information content (AvgIpc) is 3.53. The molecule has 0 radical (unpaired) electrons. The summed E-state index contributed by atoms with van der Waals surface area (Å²) in [5.74, 6) is -1.23. The Hall–Kier alpha value is -3.26. The number of aryl methyl sites for hydroxylation is 1. The van der Waals surface area contributed by atoms with Crippen LogP contribution in [0.1, 0.15) is 34.5 Å². The summed E-state index contributed by atoms with van der Waals surface area (Å²) >= 11 is 6.18. The van der Waals surface area contributed by atoms with Crippen molar-refractivity contribution < 1.29 is 9.18 Å². The second-order valence-electron chi connectivity index (χ2n) is 7.21. The highest BCUT2D eigenvalue weighted by Gasteiger charge is 2.27. The lowest BCUT2D eigenvalue weighted by atomic mass is 10.2. The van der Waals surface area contributed by atoms with Crippen LogP contribution in [0, 0.1) is 12.7 Å². The molecule has 3 aromatic rings. The summed E-state index contributed by atoms with van der Waals surface area (Å²) in [6.07, 6.45) is 1.64. The topological polar surface area (TPSA) is 86.0 Å². The molecule has 0 saturated heterocycles. The average molecular weight is 429 g/mol. The molecule has 1 N–H and O–H groups in total. The third-order valence-corrected chi connectivity index (χ3v) is 5.28. The monoisotopic (exact) mass is 428 g/mol. The molecule has 1 saturated carbocycles. The second-order valence-corrected chi connectivity index (χ2v) is 7.61. The maximum absolute atomic E-state index is 14.2. The highest BCUT2D eigenvalue weighted by molar-refractivity contribution is 6.31. The number of carbonyl (C=O) groups excluding carboxylic acids is 1. The van der Waals surface area contributed by atoms with Gasteiger partial charge in [0.1, 0.15) is 5.82 Å². The van der Waals surface area contributed by atoms with Gasteiger partial charge in [0.25, 0.3) is 11.5 Å². The van der Waals surface area contributed by atoms with Crippen LogP contribution in [0.4, 0.5) is 4.39 Å². The smallest absolute Gasteiger partial charge is 0.348 e. The lowest BCUT2D eigenvalue weighted by Gasteiger charge is -2.13.